The third-order valence-electron chi connectivity index (χ3n) is 5.22. The standard InChI is InChI=1S/C25H24FNO6/c1-15(2)21(27-23(28)20-9-6-10-30-20)24(29)31-13-17-11-19(26)12-18-14-32-25(33-22(17)18)16-7-4-3-5-8-16/h3-12,15,21,25H,13-14H2,1-2H3,(H,27,28)/t21-,25-/m1/s1. The number of amides is 1. The number of ether oxygens (including phenoxy) is 3. The molecule has 2 aromatic carbocycles. The van der Waals surface area contributed by atoms with E-state index in [0.29, 0.717) is 16.9 Å². The lowest BCUT2D eigenvalue weighted by molar-refractivity contribution is -0.148. The first-order valence-electron chi connectivity index (χ1n) is 10.6. The molecule has 1 aromatic heterocycles. The molecule has 0 radical (unpaired) electrons. The summed E-state index contributed by atoms with van der Waals surface area (Å²) in [6.07, 6.45) is 0.714. The summed E-state index contributed by atoms with van der Waals surface area (Å²) in [7, 11) is 0. The molecule has 2 heterocycles. The fraction of sp³-hybridized carbons (Fsp3) is 0.280. The molecule has 4 rings (SSSR count). The van der Waals surface area contributed by atoms with Crippen molar-refractivity contribution in [1.29, 1.82) is 0 Å². The van der Waals surface area contributed by atoms with Crippen molar-refractivity contribution in [2.45, 2.75) is 39.4 Å². The van der Waals surface area contributed by atoms with Crippen LogP contribution in [0.3, 0.4) is 0 Å². The monoisotopic (exact) mass is 453 g/mol. The van der Waals surface area contributed by atoms with Gasteiger partial charge in [-0.05, 0) is 30.2 Å². The summed E-state index contributed by atoms with van der Waals surface area (Å²) in [4.78, 5) is 25.1. The number of esters is 1. The molecule has 0 spiro atoms. The lowest BCUT2D eigenvalue weighted by Crippen LogP contribution is -2.45. The molecular formula is C25H24FNO6. The quantitative estimate of drug-likeness (QED) is 0.529. The van der Waals surface area contributed by atoms with Gasteiger partial charge in [0, 0.05) is 16.7 Å². The Balaban J connectivity index is 1.48. The van der Waals surface area contributed by atoms with Gasteiger partial charge in [-0.25, -0.2) is 9.18 Å². The highest BCUT2D eigenvalue weighted by Crippen LogP contribution is 2.36. The molecule has 172 valence electrons. The summed E-state index contributed by atoms with van der Waals surface area (Å²) < 4.78 is 36.4. The van der Waals surface area contributed by atoms with Crippen LogP contribution >= 0.6 is 0 Å². The molecule has 0 saturated carbocycles. The molecule has 0 unspecified atom stereocenters. The summed E-state index contributed by atoms with van der Waals surface area (Å²) >= 11 is 0. The highest BCUT2D eigenvalue weighted by atomic mass is 19.1. The molecule has 0 saturated heterocycles. The van der Waals surface area contributed by atoms with Gasteiger partial charge in [-0.15, -0.1) is 0 Å². The molecule has 1 aliphatic rings. The van der Waals surface area contributed by atoms with Crippen molar-refractivity contribution in [1.82, 2.24) is 5.32 Å². The number of halogens is 1. The largest absolute Gasteiger partial charge is 0.460 e. The SMILES string of the molecule is CC(C)[C@@H](NC(=O)c1ccco1)C(=O)OCc1cc(F)cc2c1O[C@H](c1ccccc1)OC2. The van der Waals surface area contributed by atoms with Crippen LogP contribution in [0.4, 0.5) is 4.39 Å². The molecule has 1 amide bonds. The first-order chi connectivity index (χ1) is 15.9. The first kappa shape index (κ1) is 22.5. The van der Waals surface area contributed by atoms with E-state index in [9.17, 15) is 14.0 Å². The van der Waals surface area contributed by atoms with Gasteiger partial charge < -0.3 is 23.9 Å². The van der Waals surface area contributed by atoms with E-state index in [1.807, 2.05) is 30.3 Å². The Morgan fingerprint density at radius 3 is 2.64 bits per heavy atom. The minimum Gasteiger partial charge on any atom is -0.460 e. The Morgan fingerprint density at radius 2 is 1.94 bits per heavy atom. The van der Waals surface area contributed by atoms with Crippen LogP contribution in [0.1, 0.15) is 47.4 Å². The van der Waals surface area contributed by atoms with Crippen molar-refractivity contribution in [2.75, 3.05) is 0 Å². The van der Waals surface area contributed by atoms with Crippen LogP contribution < -0.4 is 10.1 Å². The highest BCUT2D eigenvalue weighted by Gasteiger charge is 2.29. The Kier molecular flexibility index (Phi) is 6.74. The third kappa shape index (κ3) is 5.23. The van der Waals surface area contributed by atoms with Crippen molar-refractivity contribution in [3.8, 4) is 5.75 Å². The second-order valence-electron chi connectivity index (χ2n) is 8.00. The number of benzene rings is 2. The molecule has 1 aliphatic heterocycles. The van der Waals surface area contributed by atoms with Crippen LogP contribution in [0, 0.1) is 11.7 Å². The van der Waals surface area contributed by atoms with Crippen molar-refractivity contribution in [3.05, 3.63) is 89.1 Å². The number of carbonyl (C=O) groups is 2. The van der Waals surface area contributed by atoms with E-state index >= 15 is 0 Å². The average molecular weight is 453 g/mol. The third-order valence-corrected chi connectivity index (χ3v) is 5.22. The van der Waals surface area contributed by atoms with E-state index in [-0.39, 0.29) is 24.9 Å². The van der Waals surface area contributed by atoms with E-state index in [1.54, 1.807) is 19.9 Å². The minimum absolute atomic E-state index is 0.0907. The van der Waals surface area contributed by atoms with Crippen molar-refractivity contribution in [3.63, 3.8) is 0 Å². The molecule has 2 atom stereocenters. The zero-order valence-corrected chi connectivity index (χ0v) is 18.2. The van der Waals surface area contributed by atoms with Crippen LogP contribution in [-0.4, -0.2) is 17.9 Å². The molecule has 8 heteroatoms. The van der Waals surface area contributed by atoms with Gasteiger partial charge in [-0.1, -0.05) is 44.2 Å². The minimum atomic E-state index is -0.909. The second kappa shape index (κ2) is 9.87. The van der Waals surface area contributed by atoms with Gasteiger partial charge in [-0.3, -0.25) is 4.79 Å². The van der Waals surface area contributed by atoms with Gasteiger partial charge in [0.2, 0.25) is 6.29 Å². The van der Waals surface area contributed by atoms with Crippen LogP contribution in [-0.2, 0) is 27.5 Å². The molecule has 0 fully saturated rings. The molecule has 1 N–H and O–H groups in total. The van der Waals surface area contributed by atoms with E-state index in [4.69, 9.17) is 18.6 Å². The Bertz CT molecular complexity index is 1110. The smallest absolute Gasteiger partial charge is 0.329 e. The number of hydrogen-bond acceptors (Lipinski definition) is 6. The lowest BCUT2D eigenvalue weighted by atomic mass is 10.0. The topological polar surface area (TPSA) is 87.0 Å². The maximum absolute atomic E-state index is 14.2. The summed E-state index contributed by atoms with van der Waals surface area (Å²) in [5.74, 6) is -1.39. The van der Waals surface area contributed by atoms with E-state index < -0.39 is 30.0 Å². The van der Waals surface area contributed by atoms with Crippen LogP contribution in [0.15, 0.2) is 65.3 Å². The lowest BCUT2D eigenvalue weighted by Gasteiger charge is -2.28. The predicted octanol–water partition coefficient (Wildman–Crippen LogP) is 4.52. The van der Waals surface area contributed by atoms with Crippen LogP contribution in [0.5, 0.6) is 5.75 Å². The second-order valence-corrected chi connectivity index (χ2v) is 8.00. The van der Waals surface area contributed by atoms with Gasteiger partial charge in [0.25, 0.3) is 5.91 Å². The molecule has 33 heavy (non-hydrogen) atoms. The fourth-order valence-corrected chi connectivity index (χ4v) is 3.52. The number of nitrogens with one attached hydrogen (secondary N) is 1. The van der Waals surface area contributed by atoms with Gasteiger partial charge in [0.15, 0.2) is 5.76 Å². The average Bonchev–Trinajstić information content (AvgIpc) is 3.36. The van der Waals surface area contributed by atoms with Crippen LogP contribution in [0.25, 0.3) is 0 Å². The molecule has 3 aromatic rings. The summed E-state index contributed by atoms with van der Waals surface area (Å²) in [5, 5.41) is 2.62. The molecule has 0 bridgehead atoms. The number of furan rings is 1. The van der Waals surface area contributed by atoms with Crippen molar-refractivity contribution in [2.24, 2.45) is 5.92 Å². The van der Waals surface area contributed by atoms with Crippen LogP contribution in [0.2, 0.25) is 0 Å². The first-order valence-corrected chi connectivity index (χ1v) is 10.6. The highest BCUT2D eigenvalue weighted by molar-refractivity contribution is 5.94. The molecule has 0 aliphatic carbocycles. The van der Waals surface area contributed by atoms with Gasteiger partial charge >= 0.3 is 5.97 Å². The van der Waals surface area contributed by atoms with Gasteiger partial charge in [0.1, 0.15) is 24.2 Å². The number of hydrogen-bond donors (Lipinski definition) is 1. The fourth-order valence-electron chi connectivity index (χ4n) is 3.52. The maximum Gasteiger partial charge on any atom is 0.329 e. The van der Waals surface area contributed by atoms with E-state index in [2.05, 4.69) is 5.32 Å². The molecule has 7 nitrogen and oxygen atoms in total. The maximum atomic E-state index is 14.2. The summed E-state index contributed by atoms with van der Waals surface area (Å²) in [6, 6.07) is 14.1. The van der Waals surface area contributed by atoms with Crippen molar-refractivity contribution < 1.29 is 32.6 Å². The Labute approximate surface area is 190 Å². The number of fused-ring (bicyclic) bond motifs is 1. The van der Waals surface area contributed by atoms with Gasteiger partial charge in [0.05, 0.1) is 12.9 Å². The predicted molar refractivity (Wildman–Crippen MR) is 116 cm³/mol. The zero-order valence-electron chi connectivity index (χ0n) is 18.2. The van der Waals surface area contributed by atoms with E-state index in [1.165, 1.54) is 24.5 Å². The van der Waals surface area contributed by atoms with Crippen molar-refractivity contribution >= 4 is 11.9 Å². The normalized spacial score (nSPS) is 15.9. The van der Waals surface area contributed by atoms with Gasteiger partial charge in [-0.2, -0.15) is 0 Å². The zero-order chi connectivity index (χ0) is 23.4. The van der Waals surface area contributed by atoms with E-state index in [0.717, 1.165) is 5.56 Å². The number of rotatable bonds is 7. The Hall–Kier alpha value is -3.65. The summed E-state index contributed by atoms with van der Waals surface area (Å²) in [5.41, 5.74) is 1.72. The Morgan fingerprint density at radius 1 is 1.15 bits per heavy atom. The summed E-state index contributed by atoms with van der Waals surface area (Å²) in [6.45, 7) is 3.49. The molecular weight excluding hydrogens is 429 g/mol. The number of carbonyl (C=O) groups excluding carboxylic acids is 2.